The Hall–Kier alpha value is -8.46. The van der Waals surface area contributed by atoms with E-state index in [2.05, 4.69) is 55.3 Å². The van der Waals surface area contributed by atoms with Crippen molar-refractivity contribution in [3.05, 3.63) is 273 Å². The number of ether oxygens (including phenoxy) is 10. The third kappa shape index (κ3) is 33.0. The van der Waals surface area contributed by atoms with Crippen LogP contribution in [0.25, 0.3) is 56.3 Å². The number of para-hydroxylation sites is 2. The summed E-state index contributed by atoms with van der Waals surface area (Å²) in [5, 5.41) is 0. The minimum absolute atomic E-state index is 0. The van der Waals surface area contributed by atoms with E-state index in [1.165, 1.54) is 0 Å². The Bertz CT molecular complexity index is 4700. The second kappa shape index (κ2) is 50.1. The molecule has 114 heavy (non-hydrogen) atoms. The summed E-state index contributed by atoms with van der Waals surface area (Å²) in [6, 6.07) is 79.4. The number of benzene rings is 7. The molecule has 5 heterocycles. The van der Waals surface area contributed by atoms with Crippen molar-refractivity contribution in [2.24, 2.45) is 0 Å². The third-order valence-corrected chi connectivity index (χ3v) is 14.7. The van der Waals surface area contributed by atoms with Crippen LogP contribution in [-0.2, 0) is 101 Å². The first kappa shape index (κ1) is 99.7. The Morgan fingerprint density at radius 1 is 0.298 bits per heavy atom. The summed E-state index contributed by atoms with van der Waals surface area (Å²) in [4.78, 5) is 21.9. The van der Waals surface area contributed by atoms with Crippen molar-refractivity contribution in [2.75, 3.05) is 6.61 Å². The molecule has 0 spiro atoms. The van der Waals surface area contributed by atoms with Crippen LogP contribution >= 0.6 is 0 Å². The molecule has 0 amide bonds. The number of hydrogen-bond acceptors (Lipinski definition) is 15. The van der Waals surface area contributed by atoms with E-state index >= 15 is 0 Å². The molecule has 5 radical (unpaired) electrons. The fraction of sp³-hybridized carbons (Fsp3) is 0.287. The van der Waals surface area contributed by atoms with Crippen LogP contribution in [0.4, 0.5) is 0 Å². The minimum Gasteiger partial charge on any atom is -0.537 e. The van der Waals surface area contributed by atoms with E-state index in [1.807, 2.05) is 332 Å². The zero-order valence-electron chi connectivity index (χ0n) is 68.0. The molecular weight excluding hydrogens is 2320 g/mol. The molecule has 12 aromatic rings. The van der Waals surface area contributed by atoms with Crippen LogP contribution in [0.5, 0.6) is 69.0 Å². The first-order valence-corrected chi connectivity index (χ1v) is 36.8. The van der Waals surface area contributed by atoms with Crippen LogP contribution in [-0.4, -0.2) is 73.2 Å². The van der Waals surface area contributed by atoms with Gasteiger partial charge in [-0.1, -0.05) is 168 Å². The Kier molecular flexibility index (Phi) is 43.8. The number of rotatable bonds is 23. The fourth-order valence-electron chi connectivity index (χ4n) is 10.4. The van der Waals surface area contributed by atoms with Gasteiger partial charge in [0.1, 0.15) is 11.5 Å². The van der Waals surface area contributed by atoms with Gasteiger partial charge in [0, 0.05) is 183 Å². The Balaban J connectivity index is 0.000000366. The van der Waals surface area contributed by atoms with Crippen LogP contribution in [0, 0.1) is 44.2 Å². The van der Waals surface area contributed by atoms with E-state index in [4.69, 9.17) is 47.4 Å². The molecule has 0 unspecified atom stereocenters. The van der Waals surface area contributed by atoms with Gasteiger partial charge in [0.2, 0.25) is 0 Å². The molecule has 0 aliphatic carbocycles. The molecule has 5 aromatic heterocycles. The van der Waals surface area contributed by atoms with Crippen molar-refractivity contribution in [1.29, 1.82) is 0 Å². The SMILES string of the molecule is CC(C)Oc1cc(OC(C)(C)C)c[c-]c1-c1ccccn1.CC(C)Oc1cc(Oc2ccccc2)c[c-]c1-c1ccccn1.CCOc1c[c-]c(-c2ccccn2)c(OC(C)C)c1.Cc1c(OC(C)(C)C)c[c-]c(-c2ccccn2)c1OC(C)C.Cc1c(Oc2ccccc2)c[c-]c(-c2ccccn2)c1OC(C)C.[Ir].[Ir].[Ir].[Ir].[Ir]. The zero-order valence-corrected chi connectivity index (χ0v) is 80.0. The smallest absolute Gasteiger partial charge is 0.114 e. The number of aromatic nitrogens is 5. The molecule has 15 nitrogen and oxygen atoms in total. The van der Waals surface area contributed by atoms with E-state index in [9.17, 15) is 0 Å². The molecule has 0 saturated carbocycles. The summed E-state index contributed by atoms with van der Waals surface area (Å²) in [6.45, 7) is 38.7. The molecule has 613 valence electrons. The van der Waals surface area contributed by atoms with Gasteiger partial charge < -0.3 is 72.3 Å². The fourth-order valence-corrected chi connectivity index (χ4v) is 10.4. The molecule has 0 atom stereocenters. The zero-order chi connectivity index (χ0) is 78.5. The van der Waals surface area contributed by atoms with Crippen LogP contribution in [0.2, 0.25) is 0 Å². The summed E-state index contributed by atoms with van der Waals surface area (Å²) >= 11 is 0. The van der Waals surface area contributed by atoms with Crippen LogP contribution in [0.1, 0.15) is 129 Å². The largest absolute Gasteiger partial charge is 0.537 e. The molecule has 0 saturated heterocycles. The molecule has 0 bridgehead atoms. The average Bonchev–Trinajstić information content (AvgIpc) is 0.824. The van der Waals surface area contributed by atoms with Gasteiger partial charge in [0.15, 0.2) is 0 Å². The van der Waals surface area contributed by atoms with Gasteiger partial charge in [0.25, 0.3) is 0 Å². The van der Waals surface area contributed by atoms with Gasteiger partial charge in [-0.3, -0.25) is 0 Å². The van der Waals surface area contributed by atoms with Gasteiger partial charge in [-0.15, -0.1) is 60.7 Å². The second-order valence-corrected chi connectivity index (χ2v) is 28.3. The number of hydrogen-bond donors (Lipinski definition) is 0. The molecule has 0 aliphatic heterocycles. The topological polar surface area (TPSA) is 157 Å². The van der Waals surface area contributed by atoms with Crippen LogP contribution in [0.15, 0.2) is 231 Å². The Morgan fingerprint density at radius 3 is 0.921 bits per heavy atom. The van der Waals surface area contributed by atoms with Crippen molar-refractivity contribution < 1.29 is 148 Å². The Morgan fingerprint density at radius 2 is 0.588 bits per heavy atom. The summed E-state index contributed by atoms with van der Waals surface area (Å²) < 4.78 is 59.0. The summed E-state index contributed by atoms with van der Waals surface area (Å²) in [6.07, 6.45) is 9.17. The monoisotopic (exact) mass is 2430 g/mol. The van der Waals surface area contributed by atoms with Gasteiger partial charge in [0.05, 0.1) is 54.1 Å². The molecular formula is C94H102Ir5N5O10-5. The first-order valence-electron chi connectivity index (χ1n) is 36.8. The predicted molar refractivity (Wildman–Crippen MR) is 436 cm³/mol. The van der Waals surface area contributed by atoms with E-state index in [0.29, 0.717) is 18.1 Å². The van der Waals surface area contributed by atoms with E-state index in [-0.39, 0.29) is 142 Å². The molecule has 12 rings (SSSR count). The maximum atomic E-state index is 6.06. The normalized spacial score (nSPS) is 10.5. The minimum atomic E-state index is -0.264. The van der Waals surface area contributed by atoms with Crippen molar-refractivity contribution in [2.45, 2.75) is 173 Å². The van der Waals surface area contributed by atoms with Crippen molar-refractivity contribution in [1.82, 2.24) is 24.9 Å². The van der Waals surface area contributed by atoms with E-state index < -0.39 is 0 Å². The molecule has 7 aromatic carbocycles. The van der Waals surface area contributed by atoms with Crippen LogP contribution in [0.3, 0.4) is 0 Å². The van der Waals surface area contributed by atoms with E-state index in [1.54, 1.807) is 31.0 Å². The average molecular weight is 2420 g/mol. The molecule has 0 aliphatic rings. The standard InChI is InChI=1S/C21H20NO2.C20H18NO2.C19H24NO2.C18H22NO2.C16H18NO2.5Ir/c1-15(2)23-21-16(3)20(24-17-9-5-4-6-10-17)13-12-18(21)19-11-7-8-14-22-19;1-15(2)22-20-14-17(23-16-8-4-3-5-9-16)11-12-18(20)19-10-6-7-13-21-19;1-13(2)21-18-14(3)17(22-19(4,5)6)11-10-15(18)16-9-7-8-12-20-16;1-13(2)20-17-12-14(21-18(3,4)5)9-10-15(17)16-8-6-7-11-19-16;1-4-18-13-8-9-14(15-7-5-6-10-17-15)16(11-13)19-12(2)3;;;;;/h4-11,13-15H,1-3H3;3-11,13-15H,1-2H3;7-9,11-13H,1-6H3;6-9,11-13H,1-5H3;5-8,10-12H,4H2,1-3H3;;;;;/q5*-1;;;;;. The van der Waals surface area contributed by atoms with E-state index in [0.717, 1.165) is 125 Å². The van der Waals surface area contributed by atoms with Crippen molar-refractivity contribution in [3.63, 3.8) is 0 Å². The quantitative estimate of drug-likeness (QED) is 0.0557. The van der Waals surface area contributed by atoms with Crippen LogP contribution < -0.4 is 47.4 Å². The molecule has 20 heteroatoms. The molecule has 0 fully saturated rings. The molecule has 0 N–H and O–H groups in total. The van der Waals surface area contributed by atoms with Crippen molar-refractivity contribution >= 4 is 0 Å². The predicted octanol–water partition coefficient (Wildman–Crippen LogP) is 23.6. The summed E-state index contributed by atoms with van der Waals surface area (Å²) in [5.41, 5.74) is 9.86. The summed E-state index contributed by atoms with van der Waals surface area (Å²) in [7, 11) is 0. The number of nitrogens with zero attached hydrogens (tertiary/aromatic N) is 5. The summed E-state index contributed by atoms with van der Waals surface area (Å²) in [5.74, 6) is 9.04. The second-order valence-electron chi connectivity index (χ2n) is 28.3. The van der Waals surface area contributed by atoms with Gasteiger partial charge in [-0.05, 0) is 201 Å². The Labute approximate surface area is 744 Å². The maximum absolute atomic E-state index is 6.06. The third-order valence-electron chi connectivity index (χ3n) is 14.7. The van der Waals surface area contributed by atoms with Gasteiger partial charge in [-0.2, -0.15) is 0 Å². The number of pyridine rings is 5. The van der Waals surface area contributed by atoms with Gasteiger partial charge in [-0.25, -0.2) is 0 Å². The maximum Gasteiger partial charge on any atom is 0.114 e. The first-order chi connectivity index (χ1) is 52.2. The van der Waals surface area contributed by atoms with Crippen molar-refractivity contribution in [3.8, 4) is 125 Å². The van der Waals surface area contributed by atoms with Gasteiger partial charge >= 0.3 is 0 Å².